The Kier molecular flexibility index (Phi) is 6.12. The van der Waals surface area contributed by atoms with Crippen LogP contribution in [0.2, 0.25) is 0 Å². The van der Waals surface area contributed by atoms with E-state index in [0.717, 1.165) is 0 Å². The predicted octanol–water partition coefficient (Wildman–Crippen LogP) is 3.47. The summed E-state index contributed by atoms with van der Waals surface area (Å²) in [6.07, 6.45) is 1.38. The summed E-state index contributed by atoms with van der Waals surface area (Å²) in [5, 5.41) is 22.8. The first-order chi connectivity index (χ1) is 12.9. The van der Waals surface area contributed by atoms with Gasteiger partial charge in [-0.2, -0.15) is 5.26 Å². The Hall–Kier alpha value is -3.86. The minimum Gasteiger partial charge on any atom is -0.497 e. The van der Waals surface area contributed by atoms with Crippen LogP contribution in [0, 0.1) is 28.4 Å². The van der Waals surface area contributed by atoms with Crippen molar-refractivity contribution in [2.24, 2.45) is 0 Å². The van der Waals surface area contributed by atoms with Crippen LogP contribution in [0.3, 0.4) is 0 Å². The summed E-state index contributed by atoms with van der Waals surface area (Å²) in [5.74, 6) is 0.319. The molecule has 0 unspecified atom stereocenters. The molecular weight excluding hydrogens is 350 g/mol. The Morgan fingerprint density at radius 2 is 1.96 bits per heavy atom. The fourth-order valence-corrected chi connectivity index (χ4v) is 2.29. The van der Waals surface area contributed by atoms with E-state index in [2.05, 4.69) is 5.32 Å². The van der Waals surface area contributed by atoms with Gasteiger partial charge in [-0.1, -0.05) is 6.07 Å². The first kappa shape index (κ1) is 19.5. The second-order valence-corrected chi connectivity index (χ2v) is 5.49. The molecule has 1 N–H and O–H groups in total. The Morgan fingerprint density at radius 3 is 2.56 bits per heavy atom. The number of nitrogens with one attached hydrogen (secondary N) is 1. The van der Waals surface area contributed by atoms with Gasteiger partial charge in [-0.3, -0.25) is 14.9 Å². The van der Waals surface area contributed by atoms with Crippen LogP contribution in [0.25, 0.3) is 6.08 Å². The molecule has 0 aliphatic rings. The third-order valence-electron chi connectivity index (χ3n) is 3.79. The molecule has 138 valence electrons. The Balaban J connectivity index is 2.34. The van der Waals surface area contributed by atoms with Crippen molar-refractivity contribution in [1.29, 1.82) is 5.26 Å². The molecule has 0 saturated heterocycles. The van der Waals surface area contributed by atoms with E-state index >= 15 is 0 Å². The van der Waals surface area contributed by atoms with Crippen LogP contribution in [0.5, 0.6) is 11.5 Å². The van der Waals surface area contributed by atoms with Gasteiger partial charge in [0.05, 0.1) is 24.8 Å². The summed E-state index contributed by atoms with van der Waals surface area (Å²) in [6.45, 7) is 1.70. The van der Waals surface area contributed by atoms with Gasteiger partial charge in [-0.25, -0.2) is 0 Å². The topological polar surface area (TPSA) is 114 Å². The molecule has 0 aliphatic heterocycles. The second-order valence-electron chi connectivity index (χ2n) is 5.49. The van der Waals surface area contributed by atoms with Gasteiger partial charge in [0.15, 0.2) is 0 Å². The molecule has 0 radical (unpaired) electrons. The van der Waals surface area contributed by atoms with E-state index in [1.807, 2.05) is 6.07 Å². The average molecular weight is 367 g/mol. The van der Waals surface area contributed by atoms with Gasteiger partial charge in [0.1, 0.15) is 23.1 Å². The van der Waals surface area contributed by atoms with Crippen molar-refractivity contribution in [3.05, 3.63) is 63.2 Å². The quantitative estimate of drug-likeness (QED) is 0.362. The molecule has 8 heteroatoms. The van der Waals surface area contributed by atoms with E-state index in [-0.39, 0.29) is 16.9 Å². The summed E-state index contributed by atoms with van der Waals surface area (Å²) >= 11 is 0. The van der Waals surface area contributed by atoms with E-state index in [4.69, 9.17) is 9.47 Å². The van der Waals surface area contributed by atoms with Crippen molar-refractivity contribution in [2.45, 2.75) is 6.92 Å². The molecule has 2 rings (SSSR count). The van der Waals surface area contributed by atoms with Gasteiger partial charge in [0, 0.05) is 23.8 Å². The highest BCUT2D eigenvalue weighted by Gasteiger charge is 2.15. The molecule has 1 amide bonds. The van der Waals surface area contributed by atoms with Gasteiger partial charge in [0.25, 0.3) is 11.6 Å². The van der Waals surface area contributed by atoms with Gasteiger partial charge in [-0.15, -0.1) is 0 Å². The van der Waals surface area contributed by atoms with Crippen LogP contribution < -0.4 is 14.8 Å². The number of aryl methyl sites for hydroxylation is 1. The predicted molar refractivity (Wildman–Crippen MR) is 99.6 cm³/mol. The van der Waals surface area contributed by atoms with Gasteiger partial charge in [-0.05, 0) is 30.7 Å². The lowest BCUT2D eigenvalue weighted by Crippen LogP contribution is -2.14. The molecule has 2 aromatic rings. The molecule has 0 fully saturated rings. The van der Waals surface area contributed by atoms with Gasteiger partial charge >= 0.3 is 0 Å². The lowest BCUT2D eigenvalue weighted by Gasteiger charge is -2.09. The summed E-state index contributed by atoms with van der Waals surface area (Å²) < 4.78 is 10.4. The van der Waals surface area contributed by atoms with Crippen molar-refractivity contribution < 1.29 is 19.2 Å². The third kappa shape index (κ3) is 4.61. The molecule has 0 atom stereocenters. The normalized spacial score (nSPS) is 10.7. The van der Waals surface area contributed by atoms with Crippen molar-refractivity contribution in [3.63, 3.8) is 0 Å². The number of carbonyl (C=O) groups excluding carboxylic acids is 1. The number of methoxy groups -OCH3 is 2. The summed E-state index contributed by atoms with van der Waals surface area (Å²) in [7, 11) is 2.98. The number of nitriles is 1. The molecular formula is C19H17N3O5. The molecule has 0 heterocycles. The van der Waals surface area contributed by atoms with Crippen LogP contribution in [0.4, 0.5) is 11.4 Å². The standard InChI is InChI=1S/C19H17N3O5/c1-12-4-6-15(22(24)25)9-17(12)21-19(23)14(11-20)8-13-5-7-16(26-2)10-18(13)27-3/h4-10H,1-3H3,(H,21,23). The SMILES string of the molecule is COc1ccc(C=C(C#N)C(=O)Nc2cc([N+](=O)[O-])ccc2C)c(OC)c1. The molecule has 0 aliphatic carbocycles. The number of hydrogen-bond donors (Lipinski definition) is 1. The van der Waals surface area contributed by atoms with Crippen molar-refractivity contribution in [3.8, 4) is 17.6 Å². The van der Waals surface area contributed by atoms with Gasteiger partial charge in [0.2, 0.25) is 0 Å². The lowest BCUT2D eigenvalue weighted by molar-refractivity contribution is -0.384. The number of nitro benzene ring substituents is 1. The van der Waals surface area contributed by atoms with E-state index < -0.39 is 10.8 Å². The van der Waals surface area contributed by atoms with Gasteiger partial charge < -0.3 is 14.8 Å². The molecule has 2 aromatic carbocycles. The Morgan fingerprint density at radius 1 is 1.22 bits per heavy atom. The van der Waals surface area contributed by atoms with Crippen molar-refractivity contribution in [1.82, 2.24) is 0 Å². The minimum atomic E-state index is -0.682. The highest BCUT2D eigenvalue weighted by atomic mass is 16.6. The third-order valence-corrected chi connectivity index (χ3v) is 3.79. The summed E-state index contributed by atoms with van der Waals surface area (Å²) in [4.78, 5) is 22.8. The van der Waals surface area contributed by atoms with Crippen LogP contribution >= 0.6 is 0 Å². The van der Waals surface area contributed by atoms with Crippen LogP contribution in [-0.2, 0) is 4.79 Å². The first-order valence-electron chi connectivity index (χ1n) is 7.79. The number of benzene rings is 2. The molecule has 8 nitrogen and oxygen atoms in total. The van der Waals surface area contributed by atoms with E-state index in [1.165, 1.54) is 38.5 Å². The Bertz CT molecular complexity index is 960. The minimum absolute atomic E-state index is 0.157. The zero-order valence-electron chi connectivity index (χ0n) is 15.0. The van der Waals surface area contributed by atoms with Crippen molar-refractivity contribution in [2.75, 3.05) is 19.5 Å². The number of non-ortho nitro benzene ring substituents is 1. The Labute approximate surface area is 155 Å². The molecule has 0 spiro atoms. The number of anilines is 1. The highest BCUT2D eigenvalue weighted by Crippen LogP contribution is 2.27. The zero-order valence-corrected chi connectivity index (χ0v) is 15.0. The number of nitrogens with zero attached hydrogens (tertiary/aromatic N) is 2. The fourth-order valence-electron chi connectivity index (χ4n) is 2.29. The molecule has 0 saturated carbocycles. The number of rotatable bonds is 6. The molecule has 0 bridgehead atoms. The monoisotopic (exact) mass is 367 g/mol. The van der Waals surface area contributed by atoms with Crippen molar-refractivity contribution >= 4 is 23.4 Å². The maximum absolute atomic E-state index is 12.5. The number of ether oxygens (including phenoxy) is 2. The maximum Gasteiger partial charge on any atom is 0.271 e. The number of carbonyl (C=O) groups is 1. The summed E-state index contributed by atoms with van der Waals surface area (Å²) in [6, 6.07) is 10.9. The lowest BCUT2D eigenvalue weighted by atomic mass is 10.1. The first-order valence-corrected chi connectivity index (χ1v) is 7.79. The largest absolute Gasteiger partial charge is 0.497 e. The fraction of sp³-hybridized carbons (Fsp3) is 0.158. The average Bonchev–Trinajstić information content (AvgIpc) is 2.67. The molecule has 0 aromatic heterocycles. The number of amides is 1. The maximum atomic E-state index is 12.5. The second kappa shape index (κ2) is 8.49. The zero-order chi connectivity index (χ0) is 20.0. The highest BCUT2D eigenvalue weighted by molar-refractivity contribution is 6.10. The van der Waals surface area contributed by atoms with Crippen LogP contribution in [0.15, 0.2) is 42.0 Å². The van der Waals surface area contributed by atoms with E-state index in [0.29, 0.717) is 22.6 Å². The summed E-state index contributed by atoms with van der Waals surface area (Å²) in [5.41, 5.74) is 1.07. The smallest absolute Gasteiger partial charge is 0.271 e. The number of hydrogen-bond acceptors (Lipinski definition) is 6. The van der Waals surface area contributed by atoms with Crippen LogP contribution in [-0.4, -0.2) is 25.1 Å². The van der Waals surface area contributed by atoms with E-state index in [9.17, 15) is 20.2 Å². The van der Waals surface area contributed by atoms with Crippen LogP contribution in [0.1, 0.15) is 11.1 Å². The van der Waals surface area contributed by atoms with E-state index in [1.54, 1.807) is 25.1 Å². The number of nitro groups is 1. The molecule has 27 heavy (non-hydrogen) atoms.